The van der Waals surface area contributed by atoms with E-state index in [0.29, 0.717) is 17.4 Å². The lowest BCUT2D eigenvalue weighted by molar-refractivity contribution is -0.870. The fraction of sp³-hybridized carbons (Fsp3) is 0.790. The van der Waals surface area contributed by atoms with E-state index in [9.17, 15) is 19.4 Å². The number of unbranched alkanes of at least 4 members (excludes halogenated alkanes) is 44. The van der Waals surface area contributed by atoms with Gasteiger partial charge in [0, 0.05) is 6.42 Å². The minimum absolute atomic E-state index is 0.00222. The number of carbonyl (C=O) groups is 1. The molecular weight excluding hydrogens is 1130 g/mol. The normalized spacial score (nSPS) is 14.1. The Bertz CT molecular complexity index is 1790. The molecule has 0 aromatic carbocycles. The van der Waals surface area contributed by atoms with Gasteiger partial charge < -0.3 is 28.8 Å². The van der Waals surface area contributed by atoms with Gasteiger partial charge in [-0.1, -0.05) is 374 Å². The Morgan fingerprint density at radius 1 is 0.400 bits per heavy atom. The SMILES string of the molecule is CC/C=C\C/C=C\C/C=C\C/C=C\C/C=C\C/C=C\C/C=C\CCCCCCCCCCCCCCCCCCCC(=O)NC(COP(=O)([O-])OCC[N+](C)(C)C)C(O)/C=C/CCCCCCCCCCCCCCCCCCCCCCCCCCCCC. The highest BCUT2D eigenvalue weighted by atomic mass is 31.2. The molecule has 9 heteroatoms. The molecule has 0 saturated carbocycles. The number of phosphoric acid groups is 1. The molecule has 0 aliphatic carbocycles. The van der Waals surface area contributed by atoms with Crippen LogP contribution in [0.15, 0.2) is 97.2 Å². The first-order valence-corrected chi connectivity index (χ1v) is 40.1. The molecular formula is C81H149N2O6P. The Labute approximate surface area is 559 Å². The lowest BCUT2D eigenvalue weighted by Crippen LogP contribution is -2.45. The molecule has 8 nitrogen and oxygen atoms in total. The first kappa shape index (κ1) is 87.4. The van der Waals surface area contributed by atoms with Crippen molar-refractivity contribution in [1.82, 2.24) is 5.32 Å². The summed E-state index contributed by atoms with van der Waals surface area (Å²) in [5.41, 5.74) is 0. The van der Waals surface area contributed by atoms with Crippen molar-refractivity contribution in [2.75, 3.05) is 40.9 Å². The second-order valence-corrected chi connectivity index (χ2v) is 28.7. The summed E-state index contributed by atoms with van der Waals surface area (Å²) >= 11 is 0. The zero-order valence-corrected chi connectivity index (χ0v) is 61.0. The van der Waals surface area contributed by atoms with Crippen LogP contribution in [-0.2, 0) is 18.4 Å². The summed E-state index contributed by atoms with van der Waals surface area (Å²) in [6, 6.07) is -0.892. The minimum Gasteiger partial charge on any atom is -0.756 e. The number of allylic oxidation sites excluding steroid dienone is 15. The van der Waals surface area contributed by atoms with Crippen molar-refractivity contribution in [2.45, 2.75) is 373 Å². The van der Waals surface area contributed by atoms with Crippen LogP contribution in [0.1, 0.15) is 361 Å². The molecule has 0 rings (SSSR count). The quantitative estimate of drug-likeness (QED) is 0.0272. The summed E-state index contributed by atoms with van der Waals surface area (Å²) < 4.78 is 23.5. The second kappa shape index (κ2) is 70.7. The molecule has 2 N–H and O–H groups in total. The maximum Gasteiger partial charge on any atom is 0.268 e. The lowest BCUT2D eigenvalue weighted by Gasteiger charge is -2.29. The molecule has 0 aliphatic rings. The van der Waals surface area contributed by atoms with E-state index in [1.54, 1.807) is 6.08 Å². The van der Waals surface area contributed by atoms with Crippen LogP contribution in [0.3, 0.4) is 0 Å². The van der Waals surface area contributed by atoms with E-state index in [-0.39, 0.29) is 19.1 Å². The fourth-order valence-electron chi connectivity index (χ4n) is 11.4. The number of likely N-dealkylation sites (N-methyl/N-ethyl adjacent to an activating group) is 1. The number of amides is 1. The predicted octanol–water partition coefficient (Wildman–Crippen LogP) is 24.6. The van der Waals surface area contributed by atoms with Crippen molar-refractivity contribution in [3.8, 4) is 0 Å². The van der Waals surface area contributed by atoms with Gasteiger partial charge in [0.1, 0.15) is 13.2 Å². The summed E-state index contributed by atoms with van der Waals surface area (Å²) in [6.07, 6.45) is 103. The molecule has 0 spiro atoms. The summed E-state index contributed by atoms with van der Waals surface area (Å²) in [4.78, 5) is 25.7. The van der Waals surface area contributed by atoms with Crippen molar-refractivity contribution in [3.05, 3.63) is 97.2 Å². The topological polar surface area (TPSA) is 108 Å². The molecule has 0 saturated heterocycles. The van der Waals surface area contributed by atoms with Gasteiger partial charge in [-0.25, -0.2) is 0 Å². The summed E-state index contributed by atoms with van der Waals surface area (Å²) in [7, 11) is 1.27. The Hall–Kier alpha value is -2.58. The van der Waals surface area contributed by atoms with Gasteiger partial charge in [0.15, 0.2) is 0 Å². The van der Waals surface area contributed by atoms with Gasteiger partial charge in [0.2, 0.25) is 5.91 Å². The van der Waals surface area contributed by atoms with E-state index in [0.717, 1.165) is 83.5 Å². The van der Waals surface area contributed by atoms with Crippen molar-refractivity contribution in [2.24, 2.45) is 0 Å². The molecule has 3 unspecified atom stereocenters. The monoisotopic (exact) mass is 1280 g/mol. The maximum atomic E-state index is 13.1. The number of nitrogens with zero attached hydrogens (tertiary/aromatic N) is 1. The number of carbonyl (C=O) groups excluding carboxylic acids is 1. The second-order valence-electron chi connectivity index (χ2n) is 27.3. The number of aliphatic hydroxyl groups is 1. The number of phosphoric ester groups is 1. The van der Waals surface area contributed by atoms with Gasteiger partial charge in [-0.15, -0.1) is 0 Å². The van der Waals surface area contributed by atoms with Crippen LogP contribution >= 0.6 is 7.82 Å². The van der Waals surface area contributed by atoms with Crippen LogP contribution in [0, 0.1) is 0 Å². The molecule has 524 valence electrons. The Kier molecular flexibility index (Phi) is 68.7. The zero-order valence-electron chi connectivity index (χ0n) is 60.1. The Morgan fingerprint density at radius 2 is 0.678 bits per heavy atom. The van der Waals surface area contributed by atoms with E-state index in [1.807, 2.05) is 27.2 Å². The molecule has 0 aromatic heterocycles. The molecule has 3 atom stereocenters. The van der Waals surface area contributed by atoms with Gasteiger partial charge in [0.25, 0.3) is 7.82 Å². The van der Waals surface area contributed by atoms with Crippen LogP contribution in [0.2, 0.25) is 0 Å². The number of rotatable bonds is 71. The van der Waals surface area contributed by atoms with Crippen molar-refractivity contribution in [1.29, 1.82) is 0 Å². The van der Waals surface area contributed by atoms with E-state index >= 15 is 0 Å². The highest BCUT2D eigenvalue weighted by Gasteiger charge is 2.23. The molecule has 0 radical (unpaired) electrons. The minimum atomic E-state index is -4.61. The molecule has 1 amide bonds. The van der Waals surface area contributed by atoms with Crippen molar-refractivity contribution in [3.63, 3.8) is 0 Å². The third kappa shape index (κ3) is 72.8. The van der Waals surface area contributed by atoms with Crippen molar-refractivity contribution < 1.29 is 32.9 Å². The van der Waals surface area contributed by atoms with Crippen LogP contribution in [0.4, 0.5) is 0 Å². The van der Waals surface area contributed by atoms with Gasteiger partial charge in [0.05, 0.1) is 39.9 Å². The molecule has 0 fully saturated rings. The van der Waals surface area contributed by atoms with E-state index in [2.05, 4.69) is 104 Å². The van der Waals surface area contributed by atoms with Crippen LogP contribution in [0.5, 0.6) is 0 Å². The first-order valence-electron chi connectivity index (χ1n) is 38.6. The fourth-order valence-corrected chi connectivity index (χ4v) is 12.1. The van der Waals surface area contributed by atoms with Gasteiger partial charge in [-0.05, 0) is 77.0 Å². The zero-order chi connectivity index (χ0) is 65.5. The Balaban J connectivity index is 4.01. The third-order valence-electron chi connectivity index (χ3n) is 17.3. The third-order valence-corrected chi connectivity index (χ3v) is 18.3. The number of hydrogen-bond donors (Lipinski definition) is 2. The molecule has 0 aliphatic heterocycles. The van der Waals surface area contributed by atoms with E-state index in [1.165, 1.54) is 257 Å². The van der Waals surface area contributed by atoms with Gasteiger partial charge >= 0.3 is 0 Å². The molecule has 0 bridgehead atoms. The largest absolute Gasteiger partial charge is 0.756 e. The number of aliphatic hydroxyl groups excluding tert-OH is 1. The summed E-state index contributed by atoms with van der Waals surface area (Å²) in [5.74, 6) is -0.194. The molecule has 0 aromatic rings. The van der Waals surface area contributed by atoms with E-state index in [4.69, 9.17) is 9.05 Å². The Morgan fingerprint density at radius 3 is 0.989 bits per heavy atom. The van der Waals surface area contributed by atoms with Gasteiger partial charge in [-0.3, -0.25) is 9.36 Å². The number of nitrogens with one attached hydrogen (secondary N) is 1. The van der Waals surface area contributed by atoms with Crippen LogP contribution in [0.25, 0.3) is 0 Å². The average molecular weight is 1280 g/mol. The van der Waals surface area contributed by atoms with E-state index < -0.39 is 20.0 Å². The van der Waals surface area contributed by atoms with Gasteiger partial charge in [-0.2, -0.15) is 0 Å². The molecule has 0 heterocycles. The summed E-state index contributed by atoms with van der Waals surface area (Å²) in [5, 5.41) is 14.0. The maximum absolute atomic E-state index is 13.1. The van der Waals surface area contributed by atoms with Crippen LogP contribution < -0.4 is 10.2 Å². The lowest BCUT2D eigenvalue weighted by atomic mass is 10.0. The van der Waals surface area contributed by atoms with Crippen LogP contribution in [-0.4, -0.2) is 68.5 Å². The summed E-state index contributed by atoms with van der Waals surface area (Å²) in [6.45, 7) is 4.58. The average Bonchev–Trinajstić information content (AvgIpc) is 3.72. The number of hydrogen-bond acceptors (Lipinski definition) is 6. The number of quaternary nitrogens is 1. The standard InChI is InChI=1S/C81H149N2O6P/c1-6-8-10-12-14-16-18-20-22-24-26-28-30-32-34-36-37-38-39-40-41-42-43-44-45-47-49-51-53-55-57-59-61-63-65-67-69-71-73-75-81(85)82-79(78-89-90(86,87)88-77-76-83(3,4)5)80(84)74-72-70-68-66-64-62-60-58-56-54-52-50-48-46-35-33-31-29-27-25-23-21-19-17-15-13-11-9-7-2/h8,10,14,16,20,22,26,28,32,34,37-38,40-41,72,74,79-80,84H,6-7,9,11-13,15,17-19,21,23-25,27,29-31,33,35-36,39,42-71,73,75-78H2,1-5H3,(H-,82,85,86,87)/b10-8-,16-14-,22-20-,28-26-,34-32-,38-37-,41-40-,74-72+. The van der Waals surface area contributed by atoms with Crippen molar-refractivity contribution >= 4 is 13.7 Å². The molecule has 90 heavy (non-hydrogen) atoms. The smallest absolute Gasteiger partial charge is 0.268 e. The highest BCUT2D eigenvalue weighted by molar-refractivity contribution is 7.45. The highest BCUT2D eigenvalue weighted by Crippen LogP contribution is 2.38. The predicted molar refractivity (Wildman–Crippen MR) is 394 cm³/mol. The first-order chi connectivity index (χ1) is 44.0.